The molecule has 2 saturated heterocycles. The van der Waals surface area contributed by atoms with Gasteiger partial charge in [-0.05, 0) is 71.4 Å². The number of aromatic nitrogens is 1. The molecule has 5 aliphatic rings. The molecular weight excluding hydrogens is 739 g/mol. The van der Waals surface area contributed by atoms with E-state index in [-0.39, 0.29) is 55.9 Å². The number of pyridine rings is 1. The van der Waals surface area contributed by atoms with Gasteiger partial charge < -0.3 is 24.6 Å². The van der Waals surface area contributed by atoms with Gasteiger partial charge in [0, 0.05) is 54.8 Å². The van der Waals surface area contributed by atoms with Crippen LogP contribution in [-0.2, 0) is 33.9 Å². The van der Waals surface area contributed by atoms with Gasteiger partial charge in [-0.25, -0.2) is 13.4 Å². The predicted molar refractivity (Wildman–Crippen MR) is 207 cm³/mol. The van der Waals surface area contributed by atoms with Gasteiger partial charge in [0.2, 0.25) is 21.8 Å². The number of likely N-dealkylation sites (tertiary alicyclic amines) is 1. The molecule has 4 amide bonds. The van der Waals surface area contributed by atoms with Gasteiger partial charge in [0.15, 0.2) is 0 Å². The van der Waals surface area contributed by atoms with E-state index in [4.69, 9.17) is 9.47 Å². The van der Waals surface area contributed by atoms with Crippen LogP contribution >= 0.6 is 0 Å². The molecule has 56 heavy (non-hydrogen) atoms. The molecule has 4 fully saturated rings. The van der Waals surface area contributed by atoms with Crippen molar-refractivity contribution in [2.45, 2.75) is 107 Å². The van der Waals surface area contributed by atoms with E-state index in [9.17, 15) is 32.4 Å². The number of nitrogens with zero attached hydrogens (tertiary/aromatic N) is 3. The number of methoxy groups -OCH3 is 1. The van der Waals surface area contributed by atoms with Crippen LogP contribution in [0.25, 0.3) is 10.9 Å². The summed E-state index contributed by atoms with van der Waals surface area (Å²) in [5.74, 6) is -4.05. The molecule has 1 aromatic heterocycles. The lowest BCUT2D eigenvalue weighted by Crippen LogP contribution is -2.58. The zero-order valence-electron chi connectivity index (χ0n) is 32.6. The van der Waals surface area contributed by atoms with Crippen LogP contribution in [0.1, 0.15) is 95.5 Å². The summed E-state index contributed by atoms with van der Waals surface area (Å²) in [6.45, 7) is 5.85. The zero-order chi connectivity index (χ0) is 40.0. The molecule has 302 valence electrons. The topological polar surface area (TPSA) is 181 Å². The second-order valence-electron chi connectivity index (χ2n) is 17.2. The highest BCUT2D eigenvalue weighted by atomic mass is 32.2. The van der Waals surface area contributed by atoms with Gasteiger partial charge in [-0.3, -0.25) is 28.7 Å². The third-order valence-electron chi connectivity index (χ3n) is 11.8. The Morgan fingerprint density at radius 3 is 2.50 bits per heavy atom. The number of sulfonamides is 1. The van der Waals surface area contributed by atoms with Crippen molar-refractivity contribution in [2.24, 2.45) is 23.7 Å². The summed E-state index contributed by atoms with van der Waals surface area (Å²) < 4.78 is 39.3. The van der Waals surface area contributed by atoms with Crippen LogP contribution in [0, 0.1) is 23.7 Å². The molecule has 3 aliphatic heterocycles. The number of carbonyl (C=O) groups is 5. The number of hydrogen-bond donors (Lipinski definition) is 2. The highest BCUT2D eigenvalue weighted by Crippen LogP contribution is 2.47. The number of esters is 1. The molecule has 7 rings (SSSR count). The molecule has 6 atom stereocenters. The van der Waals surface area contributed by atoms with Crippen molar-refractivity contribution in [1.82, 2.24) is 24.8 Å². The second kappa shape index (κ2) is 15.4. The van der Waals surface area contributed by atoms with Crippen molar-refractivity contribution in [3.63, 3.8) is 0 Å². The minimum Gasteiger partial charge on any atom is -0.496 e. The van der Waals surface area contributed by atoms with Crippen LogP contribution in [-0.4, -0.2) is 102 Å². The number of benzene rings is 1. The van der Waals surface area contributed by atoms with Crippen LogP contribution in [0.3, 0.4) is 0 Å². The van der Waals surface area contributed by atoms with Crippen molar-refractivity contribution >= 4 is 50.5 Å². The first-order valence-corrected chi connectivity index (χ1v) is 21.4. The maximum absolute atomic E-state index is 14.7. The molecule has 1 aromatic carbocycles. The Morgan fingerprint density at radius 2 is 1.77 bits per heavy atom. The highest BCUT2D eigenvalue weighted by molar-refractivity contribution is 7.91. The van der Waals surface area contributed by atoms with Crippen LogP contribution in [0.4, 0.5) is 0 Å². The number of allylic oxidation sites excluding steroid dienone is 1. The third-order valence-corrected chi connectivity index (χ3v) is 13.6. The van der Waals surface area contributed by atoms with Crippen LogP contribution in [0.2, 0.25) is 0 Å². The fourth-order valence-electron chi connectivity index (χ4n) is 8.71. The number of para-hydroxylation sites is 1. The normalized spacial score (nSPS) is 29.1. The van der Waals surface area contributed by atoms with Gasteiger partial charge in [0.1, 0.15) is 28.6 Å². The Bertz CT molecular complexity index is 2040. The third kappa shape index (κ3) is 8.28. The lowest BCUT2D eigenvalue weighted by atomic mass is 9.92. The summed E-state index contributed by atoms with van der Waals surface area (Å²) in [5.41, 5.74) is -1.48. The molecule has 2 N–H and O–H groups in total. The molecule has 15 heteroatoms. The smallest absolute Gasteiger partial charge is 0.307 e. The summed E-state index contributed by atoms with van der Waals surface area (Å²) >= 11 is 0. The van der Waals surface area contributed by atoms with E-state index in [1.165, 1.54) is 12.0 Å². The molecule has 4 heterocycles. The molecule has 0 unspecified atom stereocenters. The minimum absolute atomic E-state index is 0.136. The summed E-state index contributed by atoms with van der Waals surface area (Å²) in [5, 5.41) is 3.07. The molecule has 0 bridgehead atoms. The Kier molecular flexibility index (Phi) is 10.9. The van der Waals surface area contributed by atoms with E-state index in [0.717, 1.165) is 31.1 Å². The first-order chi connectivity index (χ1) is 26.6. The van der Waals surface area contributed by atoms with Gasteiger partial charge >= 0.3 is 5.97 Å². The van der Waals surface area contributed by atoms with Gasteiger partial charge in [-0.15, -0.1) is 0 Å². The van der Waals surface area contributed by atoms with Crippen LogP contribution in [0.15, 0.2) is 42.5 Å². The predicted octanol–water partition coefficient (Wildman–Crippen LogP) is 3.88. The Hall–Kier alpha value is -4.53. The number of nitrogens with one attached hydrogen (secondary N) is 2. The molecule has 14 nitrogen and oxygen atoms in total. The monoisotopic (exact) mass is 791 g/mol. The van der Waals surface area contributed by atoms with Crippen molar-refractivity contribution in [2.75, 3.05) is 26.7 Å². The molecule has 0 spiro atoms. The van der Waals surface area contributed by atoms with E-state index in [2.05, 4.69) is 15.0 Å². The van der Waals surface area contributed by atoms with Crippen molar-refractivity contribution in [3.8, 4) is 5.75 Å². The summed E-state index contributed by atoms with van der Waals surface area (Å²) in [7, 11) is -2.38. The average molecular weight is 792 g/mol. The largest absolute Gasteiger partial charge is 0.496 e. The van der Waals surface area contributed by atoms with E-state index in [1.807, 2.05) is 30.4 Å². The lowest BCUT2D eigenvalue weighted by Gasteiger charge is -2.33. The number of hydrogen-bond acceptors (Lipinski definition) is 10. The van der Waals surface area contributed by atoms with Gasteiger partial charge in [0.25, 0.3) is 11.8 Å². The Morgan fingerprint density at radius 1 is 1.02 bits per heavy atom. The fourth-order valence-corrected chi connectivity index (χ4v) is 10.1. The Balaban J connectivity index is 1.20. The minimum atomic E-state index is -3.91. The molecule has 2 saturated carbocycles. The van der Waals surface area contributed by atoms with E-state index in [0.29, 0.717) is 36.9 Å². The number of ether oxygens (including phenoxy) is 2. The molecule has 0 radical (unpaired) electrons. The maximum Gasteiger partial charge on any atom is 0.307 e. The maximum atomic E-state index is 14.7. The van der Waals surface area contributed by atoms with Crippen LogP contribution < -0.4 is 14.8 Å². The number of fused-ring (bicyclic) bond motifs is 5. The van der Waals surface area contributed by atoms with Crippen LogP contribution in [0.5, 0.6) is 5.75 Å². The summed E-state index contributed by atoms with van der Waals surface area (Å²) in [6.07, 6.45) is 9.38. The number of amides is 4. The van der Waals surface area contributed by atoms with Gasteiger partial charge in [0.05, 0.1) is 24.3 Å². The summed E-state index contributed by atoms with van der Waals surface area (Å²) in [4.78, 5) is 78.3. The van der Waals surface area contributed by atoms with E-state index < -0.39 is 68.0 Å². The first kappa shape index (κ1) is 39.7. The number of rotatable bonds is 7. The van der Waals surface area contributed by atoms with E-state index >= 15 is 0 Å². The van der Waals surface area contributed by atoms with Gasteiger partial charge in [-0.1, -0.05) is 43.5 Å². The Labute approximate surface area is 328 Å². The molecular formula is C41H53N5O9S. The highest BCUT2D eigenvalue weighted by Gasteiger charge is 2.63. The fraction of sp³-hybridized carbons (Fsp3) is 0.610. The zero-order valence-corrected chi connectivity index (χ0v) is 33.4. The lowest BCUT2D eigenvalue weighted by molar-refractivity contribution is -0.159. The van der Waals surface area contributed by atoms with Crippen molar-refractivity contribution < 1.29 is 41.9 Å². The van der Waals surface area contributed by atoms with E-state index in [1.54, 1.807) is 37.8 Å². The van der Waals surface area contributed by atoms with Crippen molar-refractivity contribution in [3.05, 3.63) is 48.2 Å². The van der Waals surface area contributed by atoms with Gasteiger partial charge in [-0.2, -0.15) is 0 Å². The quantitative estimate of drug-likeness (QED) is 0.309. The average Bonchev–Trinajstić information content (AvgIpc) is 4.04. The summed E-state index contributed by atoms with van der Waals surface area (Å²) in [6, 6.07) is 7.87. The first-order valence-electron chi connectivity index (χ1n) is 19.9. The number of carbonyl (C=O) groups excluding carboxylic acids is 5. The molecule has 2 aliphatic carbocycles. The molecule has 2 aromatic rings. The standard InChI is InChI=1S/C41H53N5O9S/c1-40(2,3)55-34(47)19-25-13-9-7-5-6-8-10-14-27-21-41(27,39(51)44-56(52,53)28-17-18-28)43-36(48)35-30-24-45(22-26(30)23-46(35)37(25)49)38(50)32-20-33(54-4)29-15-11-12-16-31(29)42-32/h10-12,14-16,20,25-28,30,35H,5-9,13,17-19,21-24H2,1-4H3,(H,43,48)(H,44,51)/b14-10-/t25-,26-,27+,30-,35-,41+/m0/s1. The SMILES string of the molecule is COc1cc(C(=O)N2C[C@H]3CN4C(=O)[C@H](CC(=O)OC(C)(C)C)CCCCCC/C=C\[C@@H]5C[C@@]5(C(=O)NS(=O)(=O)C5CC5)NC(=O)[C@@H]4[C@H]3C2)nc2ccccc12. The second-order valence-corrected chi connectivity index (χ2v) is 19.1. The van der Waals surface area contributed by atoms with Crippen molar-refractivity contribution in [1.29, 1.82) is 0 Å².